The Hall–Kier alpha value is -2.64. The van der Waals surface area contributed by atoms with Crippen molar-refractivity contribution in [2.75, 3.05) is 0 Å². The van der Waals surface area contributed by atoms with Gasteiger partial charge in [-0.15, -0.1) is 10.2 Å². The zero-order chi connectivity index (χ0) is 21.9. The molecule has 0 atom stereocenters. The number of aromatic nitrogens is 5. The van der Waals surface area contributed by atoms with Crippen LogP contribution in [-0.2, 0) is 30.2 Å². The topological polar surface area (TPSA) is 69.6 Å². The maximum atomic E-state index is 14.2. The van der Waals surface area contributed by atoms with E-state index in [1.807, 2.05) is 29.8 Å². The van der Waals surface area contributed by atoms with E-state index < -0.39 is 12.3 Å². The summed E-state index contributed by atoms with van der Waals surface area (Å²) in [5.74, 6) is 2.34. The van der Waals surface area contributed by atoms with Crippen LogP contribution in [0.2, 0.25) is 0 Å². The molecule has 0 amide bonds. The second-order valence-electron chi connectivity index (χ2n) is 9.65. The number of alkyl halides is 2. The SMILES string of the molecule is Cn1c(-c2ccccc2CF)nnc1C12CCC(c3noc(C(C)(C)F)n3)(CC1)CC2. The first-order chi connectivity index (χ1) is 14.8. The fraction of sp³-hybridized carbons (Fsp3) is 0.565. The van der Waals surface area contributed by atoms with E-state index in [2.05, 4.69) is 20.3 Å². The third kappa shape index (κ3) is 3.10. The Balaban J connectivity index is 1.43. The lowest BCUT2D eigenvalue weighted by Crippen LogP contribution is -2.48. The van der Waals surface area contributed by atoms with Gasteiger partial charge in [-0.05, 0) is 57.9 Å². The zero-order valence-corrected chi connectivity index (χ0v) is 18.2. The number of halogens is 2. The van der Waals surface area contributed by atoms with Gasteiger partial charge in [0.2, 0.25) is 0 Å². The standard InChI is InChI=1S/C23H27F2N5O/c1-21(2,25)20-26-18(29-31-20)22-8-11-23(12-9-22,13-10-22)19-28-27-17(30(19)3)16-7-5-4-6-15(16)14-24/h4-7H,8-14H2,1-3H3. The first-order valence-corrected chi connectivity index (χ1v) is 10.9. The van der Waals surface area contributed by atoms with Crippen molar-refractivity contribution in [2.45, 2.75) is 75.5 Å². The van der Waals surface area contributed by atoms with Crippen molar-refractivity contribution >= 4 is 0 Å². The third-order valence-electron chi connectivity index (χ3n) is 7.41. The van der Waals surface area contributed by atoms with Crippen LogP contribution in [0.25, 0.3) is 11.4 Å². The Morgan fingerprint density at radius 1 is 1.03 bits per heavy atom. The predicted molar refractivity (Wildman–Crippen MR) is 111 cm³/mol. The molecule has 0 aliphatic heterocycles. The Kier molecular flexibility index (Phi) is 4.53. The van der Waals surface area contributed by atoms with Gasteiger partial charge in [0.1, 0.15) is 12.5 Å². The molecule has 3 aliphatic rings. The van der Waals surface area contributed by atoms with Gasteiger partial charge in [-0.25, -0.2) is 8.78 Å². The van der Waals surface area contributed by atoms with E-state index in [4.69, 9.17) is 4.52 Å². The molecule has 0 N–H and O–H groups in total. The molecule has 6 rings (SSSR count). The summed E-state index contributed by atoms with van der Waals surface area (Å²) < 4.78 is 35.0. The molecule has 2 aromatic heterocycles. The molecule has 0 radical (unpaired) electrons. The molecule has 2 heterocycles. The quantitative estimate of drug-likeness (QED) is 0.568. The highest BCUT2D eigenvalue weighted by atomic mass is 19.1. The van der Waals surface area contributed by atoms with Crippen LogP contribution in [0.3, 0.4) is 0 Å². The minimum Gasteiger partial charge on any atom is -0.336 e. The summed E-state index contributed by atoms with van der Waals surface area (Å²) in [6.07, 6.45) is 5.53. The molecule has 3 aliphatic carbocycles. The molecule has 8 heteroatoms. The summed E-state index contributed by atoms with van der Waals surface area (Å²) in [6, 6.07) is 7.42. The van der Waals surface area contributed by atoms with Crippen LogP contribution >= 0.6 is 0 Å². The molecule has 1 aromatic carbocycles. The predicted octanol–water partition coefficient (Wildman–Crippen LogP) is 5.08. The molecule has 0 unspecified atom stereocenters. The molecular formula is C23H27F2N5O. The minimum atomic E-state index is -1.64. The van der Waals surface area contributed by atoms with Gasteiger partial charge in [0, 0.05) is 23.4 Å². The molecule has 2 bridgehead atoms. The number of nitrogens with zero attached hydrogens (tertiary/aromatic N) is 5. The summed E-state index contributed by atoms with van der Waals surface area (Å²) in [7, 11) is 1.97. The van der Waals surface area contributed by atoms with Crippen LogP contribution in [0.5, 0.6) is 0 Å². The van der Waals surface area contributed by atoms with Crippen LogP contribution in [0.4, 0.5) is 8.78 Å². The molecule has 0 saturated heterocycles. The van der Waals surface area contributed by atoms with Crippen LogP contribution in [0.1, 0.15) is 75.5 Å². The largest absolute Gasteiger partial charge is 0.336 e. The molecule has 3 saturated carbocycles. The van der Waals surface area contributed by atoms with Crippen LogP contribution < -0.4 is 0 Å². The first-order valence-electron chi connectivity index (χ1n) is 10.9. The molecular weight excluding hydrogens is 400 g/mol. The average molecular weight is 427 g/mol. The Morgan fingerprint density at radius 2 is 1.68 bits per heavy atom. The second kappa shape index (κ2) is 6.93. The lowest BCUT2D eigenvalue weighted by molar-refractivity contribution is 0.0852. The van der Waals surface area contributed by atoms with Gasteiger partial charge in [0.25, 0.3) is 5.89 Å². The van der Waals surface area contributed by atoms with Crippen LogP contribution in [-0.4, -0.2) is 24.9 Å². The van der Waals surface area contributed by atoms with Gasteiger partial charge < -0.3 is 9.09 Å². The fourth-order valence-corrected chi connectivity index (χ4v) is 5.42. The van der Waals surface area contributed by atoms with E-state index in [0.29, 0.717) is 17.2 Å². The zero-order valence-electron chi connectivity index (χ0n) is 18.2. The summed E-state index contributed by atoms with van der Waals surface area (Å²) >= 11 is 0. The van der Waals surface area contributed by atoms with E-state index >= 15 is 0 Å². The minimum absolute atomic E-state index is 0.0451. The Labute approximate surface area is 180 Å². The van der Waals surface area contributed by atoms with Gasteiger partial charge in [-0.1, -0.05) is 29.4 Å². The number of fused-ring (bicyclic) bond motifs is 3. The number of hydrogen-bond acceptors (Lipinski definition) is 5. The maximum absolute atomic E-state index is 14.2. The second-order valence-corrected chi connectivity index (χ2v) is 9.65. The number of rotatable bonds is 5. The van der Waals surface area contributed by atoms with Gasteiger partial charge >= 0.3 is 0 Å². The van der Waals surface area contributed by atoms with Crippen molar-refractivity contribution in [2.24, 2.45) is 7.05 Å². The lowest BCUT2D eigenvalue weighted by Gasteiger charge is -2.51. The monoisotopic (exact) mass is 427 g/mol. The normalized spacial score (nSPS) is 25.8. The highest BCUT2D eigenvalue weighted by Gasteiger charge is 2.54. The number of benzene rings is 1. The molecule has 3 aromatic rings. The molecule has 6 nitrogen and oxygen atoms in total. The van der Waals surface area contributed by atoms with Gasteiger partial charge in [0.05, 0.1) is 0 Å². The summed E-state index contributed by atoms with van der Waals surface area (Å²) in [4.78, 5) is 4.43. The van der Waals surface area contributed by atoms with Gasteiger partial charge in [-0.3, -0.25) is 0 Å². The third-order valence-corrected chi connectivity index (χ3v) is 7.41. The Morgan fingerprint density at radius 3 is 2.29 bits per heavy atom. The van der Waals surface area contributed by atoms with Gasteiger partial charge in [0.15, 0.2) is 17.3 Å². The van der Waals surface area contributed by atoms with Crippen molar-refractivity contribution in [3.8, 4) is 11.4 Å². The average Bonchev–Trinajstić information content (AvgIpc) is 3.43. The van der Waals surface area contributed by atoms with E-state index in [-0.39, 0.29) is 16.7 Å². The van der Waals surface area contributed by atoms with Crippen molar-refractivity contribution in [1.82, 2.24) is 24.9 Å². The van der Waals surface area contributed by atoms with E-state index in [1.54, 1.807) is 6.07 Å². The molecule has 3 fully saturated rings. The van der Waals surface area contributed by atoms with Crippen molar-refractivity contribution in [3.05, 3.63) is 47.4 Å². The Bertz CT molecular complexity index is 1090. The van der Waals surface area contributed by atoms with E-state index in [1.165, 1.54) is 13.8 Å². The molecule has 0 spiro atoms. The van der Waals surface area contributed by atoms with E-state index in [9.17, 15) is 8.78 Å². The van der Waals surface area contributed by atoms with Crippen molar-refractivity contribution < 1.29 is 13.3 Å². The van der Waals surface area contributed by atoms with Crippen LogP contribution in [0.15, 0.2) is 28.8 Å². The van der Waals surface area contributed by atoms with Crippen LogP contribution in [0, 0.1) is 0 Å². The van der Waals surface area contributed by atoms with Crippen molar-refractivity contribution in [1.29, 1.82) is 0 Å². The maximum Gasteiger partial charge on any atom is 0.263 e. The molecule has 164 valence electrons. The molecule has 31 heavy (non-hydrogen) atoms. The van der Waals surface area contributed by atoms with Gasteiger partial charge in [-0.2, -0.15) is 4.98 Å². The van der Waals surface area contributed by atoms with E-state index in [0.717, 1.165) is 49.9 Å². The highest BCUT2D eigenvalue weighted by Crippen LogP contribution is 2.57. The van der Waals surface area contributed by atoms with Crippen molar-refractivity contribution in [3.63, 3.8) is 0 Å². The summed E-state index contributed by atoms with van der Waals surface area (Å²) in [5, 5.41) is 13.2. The highest BCUT2D eigenvalue weighted by molar-refractivity contribution is 5.60. The smallest absolute Gasteiger partial charge is 0.263 e. The summed E-state index contributed by atoms with van der Waals surface area (Å²) in [5.41, 5.74) is -0.441. The number of hydrogen-bond donors (Lipinski definition) is 0. The fourth-order valence-electron chi connectivity index (χ4n) is 5.42. The summed E-state index contributed by atoms with van der Waals surface area (Å²) in [6.45, 7) is 2.33. The first kappa shape index (κ1) is 20.3. The lowest BCUT2D eigenvalue weighted by atomic mass is 9.53.